The van der Waals surface area contributed by atoms with E-state index in [0.717, 1.165) is 22.3 Å². The molecule has 0 heterocycles. The van der Waals surface area contributed by atoms with Crippen molar-refractivity contribution < 1.29 is 24.2 Å². The highest BCUT2D eigenvalue weighted by Crippen LogP contribution is 2.44. The molecule has 1 aliphatic rings. The van der Waals surface area contributed by atoms with Crippen LogP contribution in [0.2, 0.25) is 0 Å². The lowest BCUT2D eigenvalue weighted by Gasteiger charge is -2.25. The number of carbonyl (C=O) groups is 3. The summed E-state index contributed by atoms with van der Waals surface area (Å²) in [6, 6.07) is 15.2. The molecule has 0 saturated heterocycles. The van der Waals surface area contributed by atoms with Gasteiger partial charge in [-0.05, 0) is 42.5 Å². The van der Waals surface area contributed by atoms with E-state index in [1.165, 1.54) is 13.8 Å². The van der Waals surface area contributed by atoms with Crippen molar-refractivity contribution in [2.24, 2.45) is 0 Å². The predicted octanol–water partition coefficient (Wildman–Crippen LogP) is 3.67. The molecule has 164 valence electrons. The van der Waals surface area contributed by atoms with E-state index >= 15 is 0 Å². The van der Waals surface area contributed by atoms with Crippen molar-refractivity contribution in [2.75, 3.05) is 6.61 Å². The van der Waals surface area contributed by atoms with Gasteiger partial charge < -0.3 is 20.5 Å². The first kappa shape index (κ1) is 22.3. The van der Waals surface area contributed by atoms with E-state index in [-0.39, 0.29) is 12.5 Å². The first-order valence-corrected chi connectivity index (χ1v) is 10.4. The number of hydrogen-bond acceptors (Lipinski definition) is 4. The van der Waals surface area contributed by atoms with E-state index in [1.807, 2.05) is 43.3 Å². The number of carbonyl (C=O) groups excluding carboxylic acids is 2. The maximum atomic E-state index is 12.5. The molecule has 3 rings (SSSR count). The van der Waals surface area contributed by atoms with Crippen LogP contribution in [0, 0.1) is 0 Å². The van der Waals surface area contributed by atoms with Crippen molar-refractivity contribution >= 4 is 18.0 Å². The third kappa shape index (κ3) is 4.87. The summed E-state index contributed by atoms with van der Waals surface area (Å²) in [4.78, 5) is 36.3. The van der Waals surface area contributed by atoms with Gasteiger partial charge in [-0.25, -0.2) is 9.59 Å². The number of alkyl carbamates (subject to hydrolysis) is 1. The van der Waals surface area contributed by atoms with Gasteiger partial charge in [-0.15, -0.1) is 0 Å². The Morgan fingerprint density at radius 3 is 2.10 bits per heavy atom. The Bertz CT molecular complexity index is 940. The maximum Gasteiger partial charge on any atom is 0.407 e. The Hall–Kier alpha value is -3.35. The summed E-state index contributed by atoms with van der Waals surface area (Å²) in [7, 11) is 0. The molecule has 1 aliphatic carbocycles. The lowest BCUT2D eigenvalue weighted by Crippen LogP contribution is -2.56. The summed E-state index contributed by atoms with van der Waals surface area (Å²) in [5.41, 5.74) is 3.02. The van der Waals surface area contributed by atoms with Gasteiger partial charge in [0.15, 0.2) is 0 Å². The second kappa shape index (κ2) is 9.20. The molecule has 2 aromatic rings. The van der Waals surface area contributed by atoms with Crippen LogP contribution < -0.4 is 10.6 Å². The van der Waals surface area contributed by atoms with Crippen LogP contribution in [0.3, 0.4) is 0 Å². The Morgan fingerprint density at radius 1 is 1.03 bits per heavy atom. The van der Waals surface area contributed by atoms with Gasteiger partial charge in [0.2, 0.25) is 5.91 Å². The van der Waals surface area contributed by atoms with E-state index in [9.17, 15) is 19.5 Å². The second-order valence-electron chi connectivity index (χ2n) is 8.23. The van der Waals surface area contributed by atoms with Crippen LogP contribution in [-0.2, 0) is 14.3 Å². The Kier molecular flexibility index (Phi) is 6.63. The fraction of sp³-hybridized carbons (Fsp3) is 0.375. The van der Waals surface area contributed by atoms with Gasteiger partial charge in [-0.2, -0.15) is 0 Å². The highest BCUT2D eigenvalue weighted by atomic mass is 16.5. The van der Waals surface area contributed by atoms with Gasteiger partial charge >= 0.3 is 12.1 Å². The topological polar surface area (TPSA) is 105 Å². The third-order valence-corrected chi connectivity index (χ3v) is 5.50. The molecule has 0 fully saturated rings. The highest BCUT2D eigenvalue weighted by molar-refractivity contribution is 5.90. The fourth-order valence-corrected chi connectivity index (χ4v) is 3.79. The van der Waals surface area contributed by atoms with Crippen LogP contribution in [0.25, 0.3) is 11.1 Å². The number of carboxylic acids is 1. The van der Waals surface area contributed by atoms with Gasteiger partial charge in [0.1, 0.15) is 18.2 Å². The van der Waals surface area contributed by atoms with Crippen LogP contribution in [0.4, 0.5) is 4.79 Å². The van der Waals surface area contributed by atoms with Crippen molar-refractivity contribution in [3.8, 4) is 11.1 Å². The van der Waals surface area contributed by atoms with Crippen molar-refractivity contribution in [1.29, 1.82) is 0 Å². The van der Waals surface area contributed by atoms with Gasteiger partial charge in [0.05, 0.1) is 0 Å². The SMILES string of the molecule is CCC[C@H](NC(=O)OCC1c2ccccc2-c2ccccc21)C(=O)NC(C)(C)C(=O)O. The minimum absolute atomic E-state index is 0.0810. The standard InChI is InChI=1S/C24H28N2O5/c1-4-9-20(21(27)26-24(2,3)22(28)29)25-23(30)31-14-19-17-12-7-5-10-15(17)16-11-6-8-13-18(16)19/h5-8,10-13,19-20H,4,9,14H2,1-3H3,(H,25,30)(H,26,27)(H,28,29)/t20-/m0/s1. The highest BCUT2D eigenvalue weighted by Gasteiger charge is 2.33. The summed E-state index contributed by atoms with van der Waals surface area (Å²) in [5, 5.41) is 14.3. The molecule has 7 heteroatoms. The van der Waals surface area contributed by atoms with Crippen LogP contribution in [0.5, 0.6) is 0 Å². The number of ether oxygens (including phenoxy) is 1. The summed E-state index contributed by atoms with van der Waals surface area (Å²) in [5.74, 6) is -1.79. The number of amides is 2. The molecule has 2 amide bonds. The number of aliphatic carboxylic acids is 1. The molecule has 0 spiro atoms. The Morgan fingerprint density at radius 2 is 1.58 bits per heavy atom. The van der Waals surface area contributed by atoms with Crippen molar-refractivity contribution in [2.45, 2.75) is 51.1 Å². The average Bonchev–Trinajstić information content (AvgIpc) is 3.05. The van der Waals surface area contributed by atoms with Gasteiger partial charge in [0, 0.05) is 5.92 Å². The summed E-state index contributed by atoms with van der Waals surface area (Å²) in [6.07, 6.45) is 0.296. The zero-order valence-electron chi connectivity index (χ0n) is 18.0. The number of hydrogen-bond donors (Lipinski definition) is 3. The van der Waals surface area contributed by atoms with E-state index in [0.29, 0.717) is 12.8 Å². The normalized spacial score (nSPS) is 13.6. The van der Waals surface area contributed by atoms with E-state index in [2.05, 4.69) is 22.8 Å². The molecule has 0 bridgehead atoms. The van der Waals surface area contributed by atoms with Gasteiger partial charge in [-0.1, -0.05) is 61.9 Å². The first-order valence-electron chi connectivity index (χ1n) is 10.4. The van der Waals surface area contributed by atoms with Gasteiger partial charge in [-0.3, -0.25) is 4.79 Å². The van der Waals surface area contributed by atoms with E-state index < -0.39 is 29.6 Å². The number of benzene rings is 2. The average molecular weight is 424 g/mol. The number of nitrogens with one attached hydrogen (secondary N) is 2. The summed E-state index contributed by atoms with van der Waals surface area (Å²) in [6.45, 7) is 4.80. The monoisotopic (exact) mass is 424 g/mol. The largest absolute Gasteiger partial charge is 0.480 e. The molecule has 0 aromatic heterocycles. The zero-order valence-corrected chi connectivity index (χ0v) is 18.0. The Labute approximate surface area is 181 Å². The minimum atomic E-state index is -1.44. The smallest absolute Gasteiger partial charge is 0.407 e. The predicted molar refractivity (Wildman–Crippen MR) is 117 cm³/mol. The zero-order chi connectivity index (χ0) is 22.6. The molecule has 2 aromatic carbocycles. The fourth-order valence-electron chi connectivity index (χ4n) is 3.79. The van der Waals surface area contributed by atoms with Crippen LogP contribution in [0.1, 0.15) is 50.7 Å². The van der Waals surface area contributed by atoms with Crippen LogP contribution >= 0.6 is 0 Å². The number of fused-ring (bicyclic) bond motifs is 3. The molecule has 0 saturated carbocycles. The maximum absolute atomic E-state index is 12.5. The molecular weight excluding hydrogens is 396 g/mol. The number of rotatable bonds is 8. The Balaban J connectivity index is 1.66. The van der Waals surface area contributed by atoms with Crippen molar-refractivity contribution in [3.05, 3.63) is 59.7 Å². The minimum Gasteiger partial charge on any atom is -0.480 e. The lowest BCUT2D eigenvalue weighted by atomic mass is 9.98. The lowest BCUT2D eigenvalue weighted by molar-refractivity contribution is -0.146. The molecule has 3 N–H and O–H groups in total. The quantitative estimate of drug-likeness (QED) is 0.600. The van der Waals surface area contributed by atoms with E-state index in [4.69, 9.17) is 4.74 Å². The molecular formula is C24H28N2O5. The molecule has 31 heavy (non-hydrogen) atoms. The van der Waals surface area contributed by atoms with Crippen molar-refractivity contribution in [1.82, 2.24) is 10.6 Å². The molecule has 0 radical (unpaired) electrons. The van der Waals surface area contributed by atoms with Crippen LogP contribution in [-0.4, -0.2) is 41.3 Å². The van der Waals surface area contributed by atoms with E-state index in [1.54, 1.807) is 0 Å². The van der Waals surface area contributed by atoms with Crippen LogP contribution in [0.15, 0.2) is 48.5 Å². The van der Waals surface area contributed by atoms with Gasteiger partial charge in [0.25, 0.3) is 0 Å². The molecule has 0 unspecified atom stereocenters. The first-order chi connectivity index (χ1) is 14.7. The molecule has 7 nitrogen and oxygen atoms in total. The third-order valence-electron chi connectivity index (χ3n) is 5.50. The second-order valence-corrected chi connectivity index (χ2v) is 8.23. The molecule has 1 atom stereocenters. The van der Waals surface area contributed by atoms with Crippen molar-refractivity contribution in [3.63, 3.8) is 0 Å². The summed E-state index contributed by atoms with van der Waals surface area (Å²) < 4.78 is 5.50. The summed E-state index contributed by atoms with van der Waals surface area (Å²) >= 11 is 0. The number of carboxylic acid groups (broad SMARTS) is 1. The molecule has 0 aliphatic heterocycles.